The Bertz CT molecular complexity index is 426. The minimum atomic E-state index is -7.10. The molecule has 0 heterocycles. The molecular weight excluding hydrogens is 328 g/mol. The standard InChI is InChI=1S/C7F12O/c8-1(3(11)20-4(12)2(9)10)5(13,14)6(15,16)7(17,18)19. The molecule has 20 heavy (non-hydrogen) atoms. The summed E-state index contributed by atoms with van der Waals surface area (Å²) in [5.41, 5.74) is 0. The van der Waals surface area contributed by atoms with Crippen LogP contribution in [0.1, 0.15) is 0 Å². The van der Waals surface area contributed by atoms with Crippen molar-refractivity contribution in [2.45, 2.75) is 18.0 Å². The number of hydrogen-bond acceptors (Lipinski definition) is 1. The van der Waals surface area contributed by atoms with Gasteiger partial charge < -0.3 is 4.74 Å². The van der Waals surface area contributed by atoms with Crippen molar-refractivity contribution in [3.63, 3.8) is 0 Å². The first kappa shape index (κ1) is 18.4. The molecule has 0 fully saturated rings. The minimum Gasteiger partial charge on any atom is -0.398 e. The van der Waals surface area contributed by atoms with Gasteiger partial charge in [0.05, 0.1) is 0 Å². The number of alkyl halides is 7. The van der Waals surface area contributed by atoms with Crippen LogP contribution in [0.2, 0.25) is 0 Å². The highest BCUT2D eigenvalue weighted by Gasteiger charge is 2.76. The van der Waals surface area contributed by atoms with Crippen LogP contribution >= 0.6 is 0 Å². The molecule has 0 radical (unpaired) electrons. The zero-order chi connectivity index (χ0) is 16.5. The lowest BCUT2D eigenvalue weighted by Gasteiger charge is -2.26. The van der Waals surface area contributed by atoms with Crippen molar-refractivity contribution >= 4 is 0 Å². The van der Waals surface area contributed by atoms with E-state index < -0.39 is 42.0 Å². The van der Waals surface area contributed by atoms with Crippen molar-refractivity contribution in [3.05, 3.63) is 23.9 Å². The highest BCUT2D eigenvalue weighted by molar-refractivity contribution is 5.14. The minimum absolute atomic E-state index is 2.39. The molecule has 0 unspecified atom stereocenters. The summed E-state index contributed by atoms with van der Waals surface area (Å²) >= 11 is 0. The summed E-state index contributed by atoms with van der Waals surface area (Å²) in [7, 11) is 0. The predicted molar refractivity (Wildman–Crippen MR) is 36.6 cm³/mol. The molecule has 0 N–H and O–H groups in total. The lowest BCUT2D eigenvalue weighted by Crippen LogP contribution is -2.52. The third kappa shape index (κ3) is 3.30. The van der Waals surface area contributed by atoms with Gasteiger partial charge in [0.1, 0.15) is 0 Å². The van der Waals surface area contributed by atoms with E-state index in [1.165, 1.54) is 0 Å². The number of halogens is 12. The lowest BCUT2D eigenvalue weighted by atomic mass is 10.1. The molecule has 0 atom stereocenters. The largest absolute Gasteiger partial charge is 0.460 e. The monoisotopic (exact) mass is 328 g/mol. The lowest BCUT2D eigenvalue weighted by molar-refractivity contribution is -0.348. The van der Waals surface area contributed by atoms with Crippen LogP contribution in [0.15, 0.2) is 23.9 Å². The summed E-state index contributed by atoms with van der Waals surface area (Å²) < 4.78 is 146. The molecule has 0 aliphatic carbocycles. The Kier molecular flexibility index (Phi) is 5.01. The van der Waals surface area contributed by atoms with Crippen molar-refractivity contribution in [2.24, 2.45) is 0 Å². The zero-order valence-electron chi connectivity index (χ0n) is 8.44. The fraction of sp³-hybridized carbons (Fsp3) is 0.429. The maximum atomic E-state index is 12.4. The molecule has 0 saturated carbocycles. The van der Waals surface area contributed by atoms with Crippen LogP contribution in [0, 0.1) is 0 Å². The average molecular weight is 328 g/mol. The molecule has 0 bridgehead atoms. The van der Waals surface area contributed by atoms with Crippen LogP contribution in [-0.2, 0) is 4.74 Å². The van der Waals surface area contributed by atoms with Gasteiger partial charge in [0.2, 0.25) is 5.83 Å². The fourth-order valence-electron chi connectivity index (χ4n) is 0.601. The van der Waals surface area contributed by atoms with Crippen molar-refractivity contribution in [2.75, 3.05) is 0 Å². The fourth-order valence-corrected chi connectivity index (χ4v) is 0.601. The summed E-state index contributed by atoms with van der Waals surface area (Å²) in [5.74, 6) is -18.2. The first-order chi connectivity index (χ1) is 8.66. The van der Waals surface area contributed by atoms with Crippen LogP contribution in [0.25, 0.3) is 0 Å². The number of ether oxygens (including phenoxy) is 1. The quantitative estimate of drug-likeness (QED) is 0.522. The van der Waals surface area contributed by atoms with E-state index in [0.717, 1.165) is 0 Å². The van der Waals surface area contributed by atoms with Crippen molar-refractivity contribution in [1.82, 2.24) is 0 Å². The van der Waals surface area contributed by atoms with Gasteiger partial charge in [-0.15, -0.1) is 0 Å². The van der Waals surface area contributed by atoms with Crippen LogP contribution in [0.5, 0.6) is 0 Å². The van der Waals surface area contributed by atoms with Gasteiger partial charge in [0.15, 0.2) is 0 Å². The van der Waals surface area contributed by atoms with E-state index >= 15 is 0 Å². The van der Waals surface area contributed by atoms with Gasteiger partial charge in [-0.2, -0.15) is 52.7 Å². The molecule has 0 rings (SSSR count). The van der Waals surface area contributed by atoms with Gasteiger partial charge in [-0.1, -0.05) is 0 Å². The highest BCUT2D eigenvalue weighted by atomic mass is 19.4. The number of rotatable bonds is 4. The van der Waals surface area contributed by atoms with E-state index in [1.807, 2.05) is 0 Å². The Morgan fingerprint density at radius 3 is 1.35 bits per heavy atom. The Hall–Kier alpha value is -1.56. The number of allylic oxidation sites excluding steroid dienone is 1. The first-order valence-corrected chi connectivity index (χ1v) is 3.93. The van der Waals surface area contributed by atoms with Crippen LogP contribution in [0.4, 0.5) is 52.7 Å². The molecule has 0 aromatic carbocycles. The summed E-state index contributed by atoms with van der Waals surface area (Å²) in [6, 6.07) is -7.02. The van der Waals surface area contributed by atoms with Gasteiger partial charge in [-0.05, 0) is 0 Å². The molecule has 0 aromatic heterocycles. The Labute approximate surface area is 101 Å². The van der Waals surface area contributed by atoms with Gasteiger partial charge in [-0.3, -0.25) is 0 Å². The smallest absolute Gasteiger partial charge is 0.398 e. The normalized spacial score (nSPS) is 14.8. The zero-order valence-corrected chi connectivity index (χ0v) is 8.44. The summed E-state index contributed by atoms with van der Waals surface area (Å²) in [6.07, 6.45) is -10.5. The second kappa shape index (κ2) is 5.44. The van der Waals surface area contributed by atoms with Crippen LogP contribution in [-0.4, -0.2) is 18.0 Å². The summed E-state index contributed by atoms with van der Waals surface area (Å²) in [4.78, 5) is 0. The van der Waals surface area contributed by atoms with Gasteiger partial charge in [0, 0.05) is 0 Å². The molecule has 118 valence electrons. The topological polar surface area (TPSA) is 9.23 Å². The Morgan fingerprint density at radius 2 is 1.05 bits per heavy atom. The highest BCUT2D eigenvalue weighted by Crippen LogP contribution is 2.51. The molecule has 0 aliphatic rings. The predicted octanol–water partition coefficient (Wildman–Crippen LogP) is 4.98. The molecule has 0 spiro atoms. The van der Waals surface area contributed by atoms with E-state index in [9.17, 15) is 52.7 Å². The van der Waals surface area contributed by atoms with E-state index in [4.69, 9.17) is 0 Å². The average Bonchev–Trinajstić information content (AvgIpc) is 2.25. The Morgan fingerprint density at radius 1 is 0.650 bits per heavy atom. The SMILES string of the molecule is FC(F)=C(F)OC(F)=C(F)C(F)(F)C(F)(F)C(F)(F)F. The Balaban J connectivity index is 5.67. The van der Waals surface area contributed by atoms with Gasteiger partial charge in [0.25, 0.3) is 0 Å². The molecule has 0 aromatic rings. The van der Waals surface area contributed by atoms with Gasteiger partial charge >= 0.3 is 36.1 Å². The summed E-state index contributed by atoms with van der Waals surface area (Å²) in [6.45, 7) is 0. The van der Waals surface area contributed by atoms with E-state index in [1.54, 1.807) is 0 Å². The second-order valence-electron chi connectivity index (χ2n) is 2.87. The van der Waals surface area contributed by atoms with Gasteiger partial charge in [-0.25, -0.2) is 0 Å². The third-order valence-corrected chi connectivity index (χ3v) is 1.53. The van der Waals surface area contributed by atoms with Crippen LogP contribution in [0.3, 0.4) is 0 Å². The van der Waals surface area contributed by atoms with E-state index in [0.29, 0.717) is 0 Å². The second-order valence-corrected chi connectivity index (χ2v) is 2.87. The van der Waals surface area contributed by atoms with Crippen molar-refractivity contribution < 1.29 is 57.4 Å². The van der Waals surface area contributed by atoms with E-state index in [-0.39, 0.29) is 0 Å². The molecule has 0 saturated heterocycles. The maximum absolute atomic E-state index is 12.4. The first-order valence-electron chi connectivity index (χ1n) is 3.93. The molecule has 1 nitrogen and oxygen atoms in total. The van der Waals surface area contributed by atoms with Crippen molar-refractivity contribution in [3.8, 4) is 0 Å². The molecular formula is C7F12O. The molecule has 13 heteroatoms. The van der Waals surface area contributed by atoms with Crippen molar-refractivity contribution in [1.29, 1.82) is 0 Å². The van der Waals surface area contributed by atoms with Crippen LogP contribution < -0.4 is 0 Å². The maximum Gasteiger partial charge on any atom is 0.460 e. The number of hydrogen-bond donors (Lipinski definition) is 0. The molecule has 0 amide bonds. The third-order valence-electron chi connectivity index (χ3n) is 1.53. The molecule has 0 aliphatic heterocycles. The summed E-state index contributed by atoms with van der Waals surface area (Å²) in [5, 5.41) is 0. The van der Waals surface area contributed by atoms with E-state index in [2.05, 4.69) is 4.74 Å².